The van der Waals surface area contributed by atoms with Gasteiger partial charge in [-0.05, 0) is 48.7 Å². The van der Waals surface area contributed by atoms with Crippen LogP contribution in [0, 0.1) is 0 Å². The summed E-state index contributed by atoms with van der Waals surface area (Å²) in [5, 5.41) is 2.92. The molecule has 1 atom stereocenters. The maximum Gasteiger partial charge on any atom is 0.322 e. The number of esters is 1. The summed E-state index contributed by atoms with van der Waals surface area (Å²) in [4.78, 5) is 25.9. The molecule has 1 saturated heterocycles. The third-order valence-corrected chi connectivity index (χ3v) is 4.62. The highest BCUT2D eigenvalue weighted by atomic mass is 16.5. The quantitative estimate of drug-likeness (QED) is 0.788. The second kappa shape index (κ2) is 8.58. The highest BCUT2D eigenvalue weighted by Gasteiger charge is 2.33. The number of carbonyl (C=O) groups excluding carboxylic acids is 2. The number of anilines is 1. The molecule has 0 spiro atoms. The molecule has 2 aromatic carbocycles. The summed E-state index contributed by atoms with van der Waals surface area (Å²) in [7, 11) is 1.63. The molecule has 0 bridgehead atoms. The van der Waals surface area contributed by atoms with Crippen LogP contribution in [0.2, 0.25) is 0 Å². The molecule has 0 saturated carbocycles. The van der Waals surface area contributed by atoms with Gasteiger partial charge in [0, 0.05) is 12.2 Å². The fourth-order valence-corrected chi connectivity index (χ4v) is 3.11. The molecule has 2 amide bonds. The molecule has 1 aliphatic heterocycles. The standard InChI is InChI=1S/C21H24N2O4/c1-3-27-20(24)13-15-7-9-17(10-8-15)22-21(25)23-12-11-19(23)16-5-4-6-18(14-16)26-2/h4-10,14,19H,3,11-13H2,1-2H3,(H,22,25). The third-order valence-electron chi connectivity index (χ3n) is 4.62. The largest absolute Gasteiger partial charge is 0.497 e. The van der Waals surface area contributed by atoms with Gasteiger partial charge in [0.25, 0.3) is 0 Å². The van der Waals surface area contributed by atoms with Crippen molar-refractivity contribution >= 4 is 17.7 Å². The van der Waals surface area contributed by atoms with Crippen LogP contribution in [0.5, 0.6) is 5.75 Å². The molecule has 6 heteroatoms. The number of amides is 2. The summed E-state index contributed by atoms with van der Waals surface area (Å²) in [6, 6.07) is 15.0. The lowest BCUT2D eigenvalue weighted by Crippen LogP contribution is -2.47. The van der Waals surface area contributed by atoms with E-state index < -0.39 is 0 Å². The molecule has 142 valence electrons. The Morgan fingerprint density at radius 2 is 1.96 bits per heavy atom. The average molecular weight is 368 g/mol. The van der Waals surface area contributed by atoms with Crippen molar-refractivity contribution in [2.75, 3.05) is 25.6 Å². The fraction of sp³-hybridized carbons (Fsp3) is 0.333. The van der Waals surface area contributed by atoms with E-state index in [4.69, 9.17) is 9.47 Å². The number of methoxy groups -OCH3 is 1. The smallest absolute Gasteiger partial charge is 0.322 e. The Morgan fingerprint density at radius 3 is 2.59 bits per heavy atom. The second-order valence-corrected chi connectivity index (χ2v) is 6.38. The van der Waals surface area contributed by atoms with E-state index in [9.17, 15) is 9.59 Å². The maximum absolute atomic E-state index is 12.6. The van der Waals surface area contributed by atoms with Gasteiger partial charge in [0.2, 0.25) is 0 Å². The summed E-state index contributed by atoms with van der Waals surface area (Å²) >= 11 is 0. The van der Waals surface area contributed by atoms with Gasteiger partial charge in [-0.1, -0.05) is 24.3 Å². The summed E-state index contributed by atoms with van der Waals surface area (Å²) in [5.41, 5.74) is 2.62. The van der Waals surface area contributed by atoms with Crippen molar-refractivity contribution < 1.29 is 19.1 Å². The van der Waals surface area contributed by atoms with Gasteiger partial charge in [0.1, 0.15) is 5.75 Å². The van der Waals surface area contributed by atoms with Crippen molar-refractivity contribution in [1.29, 1.82) is 0 Å². The van der Waals surface area contributed by atoms with Crippen LogP contribution in [0.25, 0.3) is 0 Å². The molecule has 3 rings (SSSR count). The Hall–Kier alpha value is -3.02. The van der Waals surface area contributed by atoms with Gasteiger partial charge in [-0.3, -0.25) is 4.79 Å². The van der Waals surface area contributed by atoms with Gasteiger partial charge in [0.15, 0.2) is 0 Å². The van der Waals surface area contributed by atoms with Crippen LogP contribution < -0.4 is 10.1 Å². The number of urea groups is 1. The Morgan fingerprint density at radius 1 is 1.19 bits per heavy atom. The predicted molar refractivity (Wildman–Crippen MR) is 103 cm³/mol. The number of nitrogens with one attached hydrogen (secondary N) is 1. The van der Waals surface area contributed by atoms with Gasteiger partial charge in [0.05, 0.1) is 26.2 Å². The number of carbonyl (C=O) groups is 2. The van der Waals surface area contributed by atoms with E-state index in [2.05, 4.69) is 5.32 Å². The lowest BCUT2D eigenvalue weighted by molar-refractivity contribution is -0.142. The third kappa shape index (κ3) is 4.58. The first-order valence-electron chi connectivity index (χ1n) is 9.07. The molecular formula is C21H24N2O4. The Kier molecular flexibility index (Phi) is 5.96. The zero-order valence-electron chi connectivity index (χ0n) is 15.6. The molecule has 1 N–H and O–H groups in total. The molecule has 27 heavy (non-hydrogen) atoms. The number of hydrogen-bond donors (Lipinski definition) is 1. The van der Waals surface area contributed by atoms with Crippen LogP contribution in [0.1, 0.15) is 30.5 Å². The van der Waals surface area contributed by atoms with Crippen molar-refractivity contribution in [3.05, 3.63) is 59.7 Å². The minimum Gasteiger partial charge on any atom is -0.497 e. The highest BCUT2D eigenvalue weighted by molar-refractivity contribution is 5.90. The van der Waals surface area contributed by atoms with Crippen molar-refractivity contribution in [2.45, 2.75) is 25.8 Å². The molecule has 0 aromatic heterocycles. The van der Waals surface area contributed by atoms with Crippen molar-refractivity contribution in [2.24, 2.45) is 0 Å². The van der Waals surface area contributed by atoms with Crippen LogP contribution >= 0.6 is 0 Å². The van der Waals surface area contributed by atoms with E-state index in [1.807, 2.05) is 36.4 Å². The first-order chi connectivity index (χ1) is 13.1. The van der Waals surface area contributed by atoms with Crippen LogP contribution in [0.4, 0.5) is 10.5 Å². The fourth-order valence-electron chi connectivity index (χ4n) is 3.11. The molecule has 2 aromatic rings. The SMILES string of the molecule is CCOC(=O)Cc1ccc(NC(=O)N2CCC2c2cccc(OC)c2)cc1. The lowest BCUT2D eigenvalue weighted by atomic mass is 9.95. The van der Waals surface area contributed by atoms with E-state index >= 15 is 0 Å². The highest BCUT2D eigenvalue weighted by Crippen LogP contribution is 2.35. The van der Waals surface area contributed by atoms with E-state index in [0.717, 1.165) is 23.3 Å². The molecule has 6 nitrogen and oxygen atoms in total. The molecule has 1 heterocycles. The predicted octanol–water partition coefficient (Wildman–Crippen LogP) is 3.78. The molecule has 0 radical (unpaired) electrons. The first-order valence-corrected chi connectivity index (χ1v) is 9.07. The Bertz CT molecular complexity index is 804. The van der Waals surface area contributed by atoms with E-state index in [1.165, 1.54) is 0 Å². The summed E-state index contributed by atoms with van der Waals surface area (Å²) in [6.07, 6.45) is 1.16. The van der Waals surface area contributed by atoms with Crippen molar-refractivity contribution in [1.82, 2.24) is 4.90 Å². The number of hydrogen-bond acceptors (Lipinski definition) is 4. The molecule has 0 aliphatic carbocycles. The van der Waals surface area contributed by atoms with Crippen LogP contribution in [0.15, 0.2) is 48.5 Å². The first kappa shape index (κ1) is 18.8. The minimum atomic E-state index is -0.254. The number of ether oxygens (including phenoxy) is 2. The average Bonchev–Trinajstić information content (AvgIpc) is 2.63. The number of rotatable bonds is 6. The van der Waals surface area contributed by atoms with Gasteiger partial charge >= 0.3 is 12.0 Å². The van der Waals surface area contributed by atoms with Gasteiger partial charge in [-0.25, -0.2) is 4.79 Å². The van der Waals surface area contributed by atoms with Crippen LogP contribution in [0.3, 0.4) is 0 Å². The number of nitrogens with zero attached hydrogens (tertiary/aromatic N) is 1. The monoisotopic (exact) mass is 368 g/mol. The zero-order valence-corrected chi connectivity index (χ0v) is 15.6. The Balaban J connectivity index is 1.59. The van der Waals surface area contributed by atoms with E-state index in [0.29, 0.717) is 18.8 Å². The summed E-state index contributed by atoms with van der Waals surface area (Å²) in [6.45, 7) is 2.87. The van der Waals surface area contributed by atoms with E-state index in [1.54, 1.807) is 31.1 Å². The Labute approximate surface area is 159 Å². The maximum atomic E-state index is 12.6. The molecular weight excluding hydrogens is 344 g/mol. The number of likely N-dealkylation sites (tertiary alicyclic amines) is 1. The normalized spacial score (nSPS) is 15.6. The summed E-state index contributed by atoms with van der Waals surface area (Å²) in [5.74, 6) is 0.535. The number of benzene rings is 2. The topological polar surface area (TPSA) is 67.9 Å². The van der Waals surface area contributed by atoms with Gasteiger partial charge in [-0.15, -0.1) is 0 Å². The van der Waals surface area contributed by atoms with Crippen LogP contribution in [-0.4, -0.2) is 37.2 Å². The second-order valence-electron chi connectivity index (χ2n) is 6.38. The van der Waals surface area contributed by atoms with Crippen molar-refractivity contribution in [3.8, 4) is 5.75 Å². The van der Waals surface area contributed by atoms with Gasteiger partial charge < -0.3 is 19.7 Å². The molecule has 1 aliphatic rings. The van der Waals surface area contributed by atoms with E-state index in [-0.39, 0.29) is 24.5 Å². The zero-order chi connectivity index (χ0) is 19.2. The summed E-state index contributed by atoms with van der Waals surface area (Å²) < 4.78 is 10.2. The molecule has 1 fully saturated rings. The molecule has 1 unspecified atom stereocenters. The van der Waals surface area contributed by atoms with Crippen molar-refractivity contribution in [3.63, 3.8) is 0 Å². The minimum absolute atomic E-state index is 0.0585. The van der Waals surface area contributed by atoms with Gasteiger partial charge in [-0.2, -0.15) is 0 Å². The van der Waals surface area contributed by atoms with Crippen LogP contribution in [-0.2, 0) is 16.0 Å². The lowest BCUT2D eigenvalue weighted by Gasteiger charge is -2.41.